The molecule has 0 unspecified atom stereocenters. The third-order valence-corrected chi connectivity index (χ3v) is 5.08. The van der Waals surface area contributed by atoms with E-state index in [1.54, 1.807) is 20.3 Å². The van der Waals surface area contributed by atoms with Crippen molar-refractivity contribution in [1.82, 2.24) is 15.2 Å². The van der Waals surface area contributed by atoms with E-state index in [2.05, 4.69) is 15.6 Å². The Kier molecular flexibility index (Phi) is 5.98. The number of halogens is 2. The maximum Gasteiger partial charge on any atom is 0.322 e. The van der Waals surface area contributed by atoms with Gasteiger partial charge in [-0.1, -0.05) is 35.9 Å². The number of amides is 3. The molecule has 0 radical (unpaired) electrons. The Bertz CT molecular complexity index is 1090. The number of benzene rings is 2. The minimum absolute atomic E-state index is 0.0708. The third-order valence-electron chi connectivity index (χ3n) is 4.79. The van der Waals surface area contributed by atoms with Gasteiger partial charge in [0, 0.05) is 36.9 Å². The van der Waals surface area contributed by atoms with Gasteiger partial charge in [-0.05, 0) is 30.5 Å². The first-order valence-electron chi connectivity index (χ1n) is 8.92. The van der Waals surface area contributed by atoms with E-state index in [0.717, 1.165) is 10.9 Å². The fourth-order valence-corrected chi connectivity index (χ4v) is 3.20. The number of hydrogen-bond acceptors (Lipinski definition) is 3. The van der Waals surface area contributed by atoms with Gasteiger partial charge >= 0.3 is 6.03 Å². The highest BCUT2D eigenvalue weighted by atomic mass is 35.5. The van der Waals surface area contributed by atoms with Gasteiger partial charge in [0.05, 0.1) is 11.1 Å². The Morgan fingerprint density at radius 2 is 1.86 bits per heavy atom. The van der Waals surface area contributed by atoms with Crippen LogP contribution in [0, 0.1) is 5.82 Å². The summed E-state index contributed by atoms with van der Waals surface area (Å²) in [5.41, 5.74) is 1.51. The smallest absolute Gasteiger partial charge is 0.322 e. The van der Waals surface area contributed by atoms with Gasteiger partial charge in [-0.15, -0.1) is 0 Å². The maximum absolute atomic E-state index is 13.3. The number of pyridine rings is 1. The minimum atomic E-state index is -0.555. The molecular weight excluding hydrogens is 395 g/mol. The molecule has 0 spiro atoms. The second-order valence-corrected chi connectivity index (χ2v) is 6.94. The van der Waals surface area contributed by atoms with Gasteiger partial charge in [-0.3, -0.25) is 9.78 Å². The topological polar surface area (TPSA) is 74.3 Å². The zero-order valence-electron chi connectivity index (χ0n) is 16.2. The zero-order valence-corrected chi connectivity index (χ0v) is 16.9. The number of nitrogens with zero attached hydrogens (tertiary/aromatic N) is 2. The van der Waals surface area contributed by atoms with Gasteiger partial charge in [0.2, 0.25) is 0 Å². The fraction of sp³-hybridized carbons (Fsp3) is 0.190. The molecule has 2 N–H and O–H groups in total. The van der Waals surface area contributed by atoms with E-state index >= 15 is 0 Å². The number of fused-ring (bicyclic) bond motifs is 1. The summed E-state index contributed by atoms with van der Waals surface area (Å²) >= 11 is 5.77. The van der Waals surface area contributed by atoms with Crippen LogP contribution in [0.1, 0.15) is 29.0 Å². The second-order valence-electron chi connectivity index (χ2n) is 6.53. The highest BCUT2D eigenvalue weighted by Crippen LogP contribution is 2.29. The zero-order chi connectivity index (χ0) is 21.1. The van der Waals surface area contributed by atoms with Crippen molar-refractivity contribution >= 4 is 40.0 Å². The predicted molar refractivity (Wildman–Crippen MR) is 112 cm³/mol. The van der Waals surface area contributed by atoms with Crippen molar-refractivity contribution in [3.63, 3.8) is 0 Å². The fourth-order valence-electron chi connectivity index (χ4n) is 3.02. The lowest BCUT2D eigenvalue weighted by Crippen LogP contribution is -2.34. The van der Waals surface area contributed by atoms with E-state index in [4.69, 9.17) is 11.6 Å². The molecule has 2 aromatic carbocycles. The normalized spacial score (nSPS) is 11.8. The Hall–Kier alpha value is -3.19. The highest BCUT2D eigenvalue weighted by molar-refractivity contribution is 6.31. The third kappa shape index (κ3) is 4.14. The maximum atomic E-state index is 13.3. The molecule has 6 nitrogen and oxygen atoms in total. The molecule has 0 aliphatic carbocycles. The van der Waals surface area contributed by atoms with Gasteiger partial charge in [0.25, 0.3) is 5.91 Å². The second kappa shape index (κ2) is 8.45. The number of rotatable bonds is 4. The van der Waals surface area contributed by atoms with Gasteiger partial charge in [0.15, 0.2) is 0 Å². The average molecular weight is 415 g/mol. The Balaban J connectivity index is 1.90. The largest absolute Gasteiger partial charge is 0.354 e. The summed E-state index contributed by atoms with van der Waals surface area (Å²) in [6.07, 6.45) is 1.61. The van der Waals surface area contributed by atoms with E-state index in [9.17, 15) is 14.0 Å². The molecule has 0 saturated heterocycles. The van der Waals surface area contributed by atoms with Crippen molar-refractivity contribution in [1.29, 1.82) is 0 Å². The first kappa shape index (κ1) is 20.5. The molecule has 0 fully saturated rings. The molecule has 1 aromatic heterocycles. The van der Waals surface area contributed by atoms with Crippen LogP contribution in [0.15, 0.2) is 48.7 Å². The quantitative estimate of drug-likeness (QED) is 0.654. The minimum Gasteiger partial charge on any atom is -0.354 e. The Labute approximate surface area is 172 Å². The van der Waals surface area contributed by atoms with Gasteiger partial charge in [-0.25, -0.2) is 9.18 Å². The number of carbonyl (C=O) groups is 2. The summed E-state index contributed by atoms with van der Waals surface area (Å²) < 4.78 is 13.3. The highest BCUT2D eigenvalue weighted by Gasteiger charge is 2.22. The molecule has 0 saturated carbocycles. The number of urea groups is 1. The van der Waals surface area contributed by atoms with E-state index in [0.29, 0.717) is 16.8 Å². The van der Waals surface area contributed by atoms with Crippen molar-refractivity contribution < 1.29 is 14.0 Å². The summed E-state index contributed by atoms with van der Waals surface area (Å²) in [6, 6.07) is 10.7. The lowest BCUT2D eigenvalue weighted by atomic mass is 9.99. The molecule has 0 aliphatic rings. The molecule has 150 valence electrons. The molecule has 1 heterocycles. The molecule has 3 rings (SSSR count). The lowest BCUT2D eigenvalue weighted by molar-refractivity contribution is 0.0960. The first-order valence-corrected chi connectivity index (χ1v) is 9.30. The number of carbonyl (C=O) groups excluding carboxylic acids is 2. The number of aromatic nitrogens is 1. The summed E-state index contributed by atoms with van der Waals surface area (Å²) in [5.74, 6) is -0.833. The van der Waals surface area contributed by atoms with Crippen LogP contribution >= 0.6 is 11.6 Å². The van der Waals surface area contributed by atoms with Crippen LogP contribution in [0.5, 0.6) is 0 Å². The molecule has 0 bridgehead atoms. The van der Waals surface area contributed by atoms with Crippen molar-refractivity contribution in [2.45, 2.75) is 13.0 Å². The summed E-state index contributed by atoms with van der Waals surface area (Å²) in [6.45, 7) is 1.86. The van der Waals surface area contributed by atoms with Crippen molar-refractivity contribution in [2.75, 3.05) is 19.4 Å². The number of hydrogen-bond donors (Lipinski definition) is 2. The average Bonchev–Trinajstić information content (AvgIpc) is 2.73. The SMILES string of the molecule is CNC(=O)c1ncc([C@H](C)N(C)C(=O)Nc2ccc(F)c(Cl)c2)c2ccccc12. The molecule has 3 amide bonds. The Morgan fingerprint density at radius 3 is 2.52 bits per heavy atom. The molecule has 3 aromatic rings. The van der Waals surface area contributed by atoms with Crippen LogP contribution in [0.4, 0.5) is 14.9 Å². The molecule has 8 heteroatoms. The van der Waals surface area contributed by atoms with Crippen LogP contribution in [0.25, 0.3) is 10.8 Å². The van der Waals surface area contributed by atoms with E-state index in [1.807, 2.05) is 31.2 Å². The van der Waals surface area contributed by atoms with Crippen LogP contribution in [0.3, 0.4) is 0 Å². The van der Waals surface area contributed by atoms with Crippen LogP contribution < -0.4 is 10.6 Å². The van der Waals surface area contributed by atoms with E-state index in [-0.39, 0.29) is 23.0 Å². The first-order chi connectivity index (χ1) is 13.8. The number of nitrogens with one attached hydrogen (secondary N) is 2. The van der Waals surface area contributed by atoms with Gasteiger partial charge in [-0.2, -0.15) is 0 Å². The van der Waals surface area contributed by atoms with Crippen molar-refractivity contribution in [3.8, 4) is 0 Å². The summed E-state index contributed by atoms with van der Waals surface area (Å²) in [5, 5.41) is 6.75. The monoisotopic (exact) mass is 414 g/mol. The van der Waals surface area contributed by atoms with Gasteiger partial charge in [0.1, 0.15) is 11.5 Å². The van der Waals surface area contributed by atoms with Crippen LogP contribution in [0.2, 0.25) is 5.02 Å². The van der Waals surface area contributed by atoms with Crippen LogP contribution in [-0.2, 0) is 0 Å². The Morgan fingerprint density at radius 1 is 1.17 bits per heavy atom. The number of anilines is 1. The molecule has 0 aliphatic heterocycles. The standard InChI is InChI=1S/C21H20ClFN4O2/c1-12(27(3)21(29)26-13-8-9-18(23)17(22)10-13)16-11-25-19(20(28)24-2)15-7-5-4-6-14(15)16/h4-12H,1-3H3,(H,24,28)(H,26,29)/t12-/m0/s1. The van der Waals surface area contributed by atoms with Crippen molar-refractivity contribution in [2.24, 2.45) is 0 Å². The molecule has 1 atom stereocenters. The molecular formula is C21H20ClFN4O2. The summed E-state index contributed by atoms with van der Waals surface area (Å²) in [4.78, 5) is 30.6. The van der Waals surface area contributed by atoms with Crippen molar-refractivity contribution in [3.05, 3.63) is 70.8 Å². The summed E-state index contributed by atoms with van der Waals surface area (Å²) in [7, 11) is 3.20. The van der Waals surface area contributed by atoms with E-state index in [1.165, 1.54) is 23.1 Å². The molecule has 29 heavy (non-hydrogen) atoms. The van der Waals surface area contributed by atoms with E-state index < -0.39 is 5.82 Å². The lowest BCUT2D eigenvalue weighted by Gasteiger charge is -2.26. The van der Waals surface area contributed by atoms with Crippen LogP contribution in [-0.4, -0.2) is 35.9 Å². The predicted octanol–water partition coefficient (Wildman–Crippen LogP) is 4.61. The van der Waals surface area contributed by atoms with Gasteiger partial charge < -0.3 is 15.5 Å².